The second-order valence-electron chi connectivity index (χ2n) is 5.56. The van der Waals surface area contributed by atoms with Gasteiger partial charge in [-0.2, -0.15) is 0 Å². The highest BCUT2D eigenvalue weighted by molar-refractivity contribution is 6.01. The normalized spacial score (nSPS) is 10.6. The summed E-state index contributed by atoms with van der Waals surface area (Å²) >= 11 is 0. The fourth-order valence-corrected chi connectivity index (χ4v) is 2.70. The van der Waals surface area contributed by atoms with Gasteiger partial charge in [0.15, 0.2) is 0 Å². The van der Waals surface area contributed by atoms with E-state index < -0.39 is 0 Å². The minimum atomic E-state index is -0.267. The van der Waals surface area contributed by atoms with Crippen molar-refractivity contribution in [3.8, 4) is 11.1 Å². The molecule has 0 atom stereocenters. The highest BCUT2D eigenvalue weighted by Gasteiger charge is 2.11. The molecule has 3 rings (SSSR count). The molecular weight excluding hydrogens is 300 g/mol. The number of aromatic nitrogens is 2. The summed E-state index contributed by atoms with van der Waals surface area (Å²) in [5.74, 6) is 0.506. The average molecular weight is 319 g/mol. The highest BCUT2D eigenvalue weighted by atomic mass is 16.2. The Morgan fingerprint density at radius 1 is 1.17 bits per heavy atom. The van der Waals surface area contributed by atoms with E-state index in [1.54, 1.807) is 12.4 Å². The van der Waals surface area contributed by atoms with E-state index in [-0.39, 0.29) is 6.03 Å². The van der Waals surface area contributed by atoms with Crippen LogP contribution < -0.4 is 10.6 Å². The molecule has 1 aromatic carbocycles. The van der Waals surface area contributed by atoms with Gasteiger partial charge in [-0.3, -0.25) is 10.3 Å². The maximum Gasteiger partial charge on any atom is 0.320 e. The van der Waals surface area contributed by atoms with Gasteiger partial charge in [0.1, 0.15) is 5.82 Å². The fraction of sp³-hybridized carbons (Fsp3) is 0.158. The Bertz CT molecular complexity index is 905. The third kappa shape index (κ3) is 3.06. The number of aryl methyl sites for hydroxylation is 1. The minimum absolute atomic E-state index is 0.267. The van der Waals surface area contributed by atoms with E-state index in [9.17, 15) is 4.79 Å². The van der Waals surface area contributed by atoms with Crippen molar-refractivity contribution in [2.75, 3.05) is 11.9 Å². The van der Waals surface area contributed by atoms with E-state index in [4.69, 9.17) is 0 Å². The first-order chi connectivity index (χ1) is 11.6. The molecule has 0 bridgehead atoms. The molecule has 3 aromatic rings. The Labute approximate surface area is 141 Å². The maximum absolute atomic E-state index is 11.7. The number of carbonyl (C=O) groups is 1. The summed E-state index contributed by atoms with van der Waals surface area (Å²) in [6.45, 7) is 8.53. The summed E-state index contributed by atoms with van der Waals surface area (Å²) in [7, 11) is 0. The Hall–Kier alpha value is -2.95. The van der Waals surface area contributed by atoms with Gasteiger partial charge in [0.25, 0.3) is 0 Å². The molecule has 121 valence electrons. The van der Waals surface area contributed by atoms with E-state index in [2.05, 4.69) is 27.5 Å². The number of anilines is 1. The minimum Gasteiger partial charge on any atom is -0.338 e. The van der Waals surface area contributed by atoms with Gasteiger partial charge in [-0.25, -0.2) is 9.78 Å². The van der Waals surface area contributed by atoms with Gasteiger partial charge in [-0.1, -0.05) is 12.1 Å². The zero-order chi connectivity index (χ0) is 17.1. The van der Waals surface area contributed by atoms with Crippen LogP contribution in [-0.4, -0.2) is 22.5 Å². The van der Waals surface area contributed by atoms with Gasteiger partial charge in [0, 0.05) is 30.5 Å². The summed E-state index contributed by atoms with van der Waals surface area (Å²) in [5, 5.41) is 7.41. The number of urea groups is 1. The van der Waals surface area contributed by atoms with Gasteiger partial charge in [0.2, 0.25) is 0 Å². The van der Waals surface area contributed by atoms with Crippen LogP contribution in [0, 0.1) is 13.8 Å². The number of amides is 2. The lowest BCUT2D eigenvalue weighted by Crippen LogP contribution is -2.28. The Morgan fingerprint density at radius 2 is 2.00 bits per heavy atom. The monoisotopic (exact) mass is 319 g/mol. The van der Waals surface area contributed by atoms with Crippen LogP contribution >= 0.6 is 0 Å². The number of pyridine rings is 2. The zero-order valence-electron chi connectivity index (χ0n) is 13.8. The molecule has 2 aromatic heterocycles. The van der Waals surface area contributed by atoms with Crippen molar-refractivity contribution in [1.29, 1.82) is 0 Å². The number of rotatable bonds is 3. The number of hydrogen-bond donors (Lipinski definition) is 2. The summed E-state index contributed by atoms with van der Waals surface area (Å²) < 4.78 is 0. The number of hydrogen-bond acceptors (Lipinski definition) is 3. The molecular formula is C19H19N4O. The van der Waals surface area contributed by atoms with Crippen LogP contribution in [0.5, 0.6) is 0 Å². The number of nitrogens with zero attached hydrogens (tertiary/aromatic N) is 2. The molecule has 1 radical (unpaired) electrons. The van der Waals surface area contributed by atoms with Gasteiger partial charge in [-0.15, -0.1) is 0 Å². The van der Waals surface area contributed by atoms with Gasteiger partial charge >= 0.3 is 6.03 Å². The van der Waals surface area contributed by atoms with Gasteiger partial charge in [0.05, 0.1) is 0 Å². The van der Waals surface area contributed by atoms with E-state index in [1.165, 1.54) is 0 Å². The molecule has 0 saturated carbocycles. The van der Waals surface area contributed by atoms with Crippen LogP contribution in [0.3, 0.4) is 0 Å². The quantitative estimate of drug-likeness (QED) is 0.768. The number of benzene rings is 1. The Morgan fingerprint density at radius 3 is 2.75 bits per heavy atom. The molecule has 0 saturated heterocycles. The Balaban J connectivity index is 2.14. The van der Waals surface area contributed by atoms with Crippen molar-refractivity contribution in [2.45, 2.75) is 13.8 Å². The maximum atomic E-state index is 11.7. The van der Waals surface area contributed by atoms with Crippen molar-refractivity contribution in [1.82, 2.24) is 15.3 Å². The predicted octanol–water partition coefficient (Wildman–Crippen LogP) is 3.93. The molecule has 2 amide bonds. The Kier molecular flexibility index (Phi) is 4.42. The van der Waals surface area contributed by atoms with Crippen LogP contribution in [0.4, 0.5) is 10.6 Å². The van der Waals surface area contributed by atoms with E-state index in [0.717, 1.165) is 33.0 Å². The lowest BCUT2D eigenvalue weighted by atomic mass is 9.95. The average Bonchev–Trinajstić information content (AvgIpc) is 2.56. The standard InChI is InChI=1S/C19H19N4O/c1-4-21-19(24)23-18-9-16-15(14-7-8-20-10-13(14)3)6-5-12(2)17(16)11-22-18/h5-11H,2,4H2,1,3H3,(H2,21,22,23,24). The van der Waals surface area contributed by atoms with E-state index in [0.29, 0.717) is 12.4 Å². The third-order valence-corrected chi connectivity index (χ3v) is 3.88. The van der Waals surface area contributed by atoms with Crippen molar-refractivity contribution < 1.29 is 4.79 Å². The van der Waals surface area contributed by atoms with Crippen LogP contribution in [0.1, 0.15) is 18.1 Å². The highest BCUT2D eigenvalue weighted by Crippen LogP contribution is 2.33. The van der Waals surface area contributed by atoms with Crippen LogP contribution in [0.2, 0.25) is 0 Å². The summed E-state index contributed by atoms with van der Waals surface area (Å²) in [5.41, 5.74) is 4.16. The molecule has 0 unspecified atom stereocenters. The van der Waals surface area contributed by atoms with Gasteiger partial charge in [-0.05, 0) is 60.5 Å². The smallest absolute Gasteiger partial charge is 0.320 e. The lowest BCUT2D eigenvalue weighted by molar-refractivity contribution is 0.252. The molecule has 5 nitrogen and oxygen atoms in total. The first-order valence-corrected chi connectivity index (χ1v) is 7.80. The topological polar surface area (TPSA) is 66.9 Å². The van der Waals surface area contributed by atoms with Crippen LogP contribution in [0.15, 0.2) is 42.9 Å². The SMILES string of the molecule is [CH2]c1ccc(-c2ccncc2C)c2cc(NC(=O)NCC)ncc12. The van der Waals surface area contributed by atoms with Crippen LogP contribution in [0.25, 0.3) is 21.9 Å². The first-order valence-electron chi connectivity index (χ1n) is 7.80. The molecule has 0 spiro atoms. The number of nitrogens with one attached hydrogen (secondary N) is 2. The van der Waals surface area contributed by atoms with Crippen molar-refractivity contribution in [3.05, 3.63) is 60.9 Å². The second kappa shape index (κ2) is 6.66. The van der Waals surface area contributed by atoms with E-state index in [1.807, 2.05) is 44.3 Å². The predicted molar refractivity (Wildman–Crippen MR) is 96.9 cm³/mol. The van der Waals surface area contributed by atoms with Crippen LogP contribution in [-0.2, 0) is 0 Å². The fourth-order valence-electron chi connectivity index (χ4n) is 2.70. The molecule has 0 aliphatic rings. The third-order valence-electron chi connectivity index (χ3n) is 3.88. The molecule has 24 heavy (non-hydrogen) atoms. The van der Waals surface area contributed by atoms with Crippen molar-refractivity contribution in [2.24, 2.45) is 0 Å². The zero-order valence-corrected chi connectivity index (χ0v) is 13.8. The molecule has 2 N–H and O–H groups in total. The van der Waals surface area contributed by atoms with E-state index >= 15 is 0 Å². The number of carbonyl (C=O) groups excluding carboxylic acids is 1. The van der Waals surface area contributed by atoms with Crippen molar-refractivity contribution in [3.63, 3.8) is 0 Å². The largest absolute Gasteiger partial charge is 0.338 e. The summed E-state index contributed by atoms with van der Waals surface area (Å²) in [6.07, 6.45) is 5.37. The molecule has 0 aliphatic carbocycles. The van der Waals surface area contributed by atoms with Gasteiger partial charge < -0.3 is 5.32 Å². The summed E-state index contributed by atoms with van der Waals surface area (Å²) in [6, 6.07) is 7.63. The number of fused-ring (bicyclic) bond motifs is 1. The first kappa shape index (κ1) is 15.9. The van der Waals surface area contributed by atoms with Crippen molar-refractivity contribution >= 4 is 22.6 Å². The molecule has 0 aliphatic heterocycles. The second-order valence-corrected chi connectivity index (χ2v) is 5.56. The molecule has 2 heterocycles. The lowest BCUT2D eigenvalue weighted by Gasteiger charge is -2.13. The summed E-state index contributed by atoms with van der Waals surface area (Å²) in [4.78, 5) is 20.2. The molecule has 0 fully saturated rings. The molecule has 5 heteroatoms.